The van der Waals surface area contributed by atoms with Crippen LogP contribution >= 0.6 is 0 Å². The average Bonchev–Trinajstić information content (AvgIpc) is 2.92. The predicted octanol–water partition coefficient (Wildman–Crippen LogP) is 1.53. The van der Waals surface area contributed by atoms with E-state index in [-0.39, 0.29) is 17.3 Å². The minimum Gasteiger partial charge on any atom is -0.352 e. The molecule has 0 saturated carbocycles. The van der Waals surface area contributed by atoms with E-state index in [1.54, 1.807) is 19.2 Å². The fourth-order valence-electron chi connectivity index (χ4n) is 1.68. The number of carbonyl (C=O) groups excluding carboxylic acids is 1. The number of carbonyl (C=O) groups is 1. The summed E-state index contributed by atoms with van der Waals surface area (Å²) in [4.78, 5) is 22.2. The Balaban J connectivity index is 2.51. The molecule has 0 aliphatic carbocycles. The molecule has 1 heterocycles. The lowest BCUT2D eigenvalue weighted by Gasteiger charge is -2.06. The first-order valence-electron chi connectivity index (χ1n) is 5.70. The number of aromatic nitrogens is 2. The summed E-state index contributed by atoms with van der Waals surface area (Å²) in [5.41, 5.74) is 0.522. The van der Waals surface area contributed by atoms with Gasteiger partial charge in [0.25, 0.3) is 11.6 Å². The van der Waals surface area contributed by atoms with Gasteiger partial charge in [-0.25, -0.2) is 4.68 Å². The fourth-order valence-corrected chi connectivity index (χ4v) is 1.68. The number of nitrogens with one attached hydrogen (secondary N) is 1. The smallest absolute Gasteiger partial charge is 0.294 e. The first-order valence-corrected chi connectivity index (χ1v) is 5.70. The van der Waals surface area contributed by atoms with Crippen molar-refractivity contribution in [2.45, 2.75) is 6.92 Å². The molecule has 0 fully saturated rings. The van der Waals surface area contributed by atoms with E-state index in [2.05, 4.69) is 10.4 Å². The van der Waals surface area contributed by atoms with Crippen molar-refractivity contribution in [3.8, 4) is 5.69 Å². The van der Waals surface area contributed by atoms with Crippen LogP contribution < -0.4 is 5.32 Å². The highest BCUT2D eigenvalue weighted by Gasteiger charge is 2.18. The summed E-state index contributed by atoms with van der Waals surface area (Å²) in [6.07, 6.45) is 3.10. The molecule has 0 saturated heterocycles. The van der Waals surface area contributed by atoms with Gasteiger partial charge in [0.1, 0.15) is 5.69 Å². The van der Waals surface area contributed by atoms with Crippen LogP contribution in [-0.2, 0) is 0 Å². The van der Waals surface area contributed by atoms with Crippen molar-refractivity contribution in [3.05, 3.63) is 52.3 Å². The highest BCUT2D eigenvalue weighted by molar-refractivity contribution is 5.95. The standard InChI is InChI=1S/C12H12N4O3/c1-2-13-12(17)9-4-5-10(16(18)19)11(8-9)15-7-3-6-14-15/h3-8H,2H2,1H3,(H,13,17). The Bertz CT molecular complexity index is 607. The summed E-state index contributed by atoms with van der Waals surface area (Å²) in [5.74, 6) is -0.272. The van der Waals surface area contributed by atoms with E-state index in [0.29, 0.717) is 12.1 Å². The first-order chi connectivity index (χ1) is 9.13. The van der Waals surface area contributed by atoms with E-state index in [4.69, 9.17) is 0 Å². The minimum atomic E-state index is -0.501. The van der Waals surface area contributed by atoms with Gasteiger partial charge in [-0.05, 0) is 25.1 Å². The zero-order valence-electron chi connectivity index (χ0n) is 10.2. The van der Waals surface area contributed by atoms with Crippen LogP contribution in [0.15, 0.2) is 36.7 Å². The van der Waals surface area contributed by atoms with E-state index < -0.39 is 4.92 Å². The predicted molar refractivity (Wildman–Crippen MR) is 68.2 cm³/mol. The molecule has 2 rings (SSSR count). The molecule has 1 amide bonds. The third-order valence-corrected chi connectivity index (χ3v) is 2.52. The van der Waals surface area contributed by atoms with Crippen LogP contribution in [0.3, 0.4) is 0 Å². The van der Waals surface area contributed by atoms with Gasteiger partial charge in [0, 0.05) is 30.6 Å². The topological polar surface area (TPSA) is 90.1 Å². The Morgan fingerprint density at radius 1 is 1.53 bits per heavy atom. The highest BCUT2D eigenvalue weighted by Crippen LogP contribution is 2.23. The lowest BCUT2D eigenvalue weighted by molar-refractivity contribution is -0.384. The molecule has 1 N–H and O–H groups in total. The molecule has 19 heavy (non-hydrogen) atoms. The molecular weight excluding hydrogens is 248 g/mol. The van der Waals surface area contributed by atoms with Crippen molar-refractivity contribution in [3.63, 3.8) is 0 Å². The number of amides is 1. The zero-order valence-corrected chi connectivity index (χ0v) is 10.2. The van der Waals surface area contributed by atoms with E-state index >= 15 is 0 Å². The number of nitro groups is 1. The maximum absolute atomic E-state index is 11.7. The summed E-state index contributed by atoms with van der Waals surface area (Å²) in [7, 11) is 0. The Kier molecular flexibility index (Phi) is 3.56. The third-order valence-electron chi connectivity index (χ3n) is 2.52. The number of nitro benzene ring substituents is 1. The molecule has 0 radical (unpaired) electrons. The second kappa shape index (κ2) is 5.30. The van der Waals surface area contributed by atoms with Gasteiger partial charge in [0.2, 0.25) is 0 Å². The van der Waals surface area contributed by atoms with Crippen LogP contribution in [0, 0.1) is 10.1 Å². The lowest BCUT2D eigenvalue weighted by atomic mass is 10.1. The van der Waals surface area contributed by atoms with Crippen molar-refractivity contribution in [1.82, 2.24) is 15.1 Å². The van der Waals surface area contributed by atoms with E-state index in [1.807, 2.05) is 0 Å². The number of hydrogen-bond acceptors (Lipinski definition) is 4. The molecule has 0 aliphatic rings. The first kappa shape index (κ1) is 12.7. The molecule has 0 aliphatic heterocycles. The zero-order chi connectivity index (χ0) is 13.8. The Hall–Kier alpha value is -2.70. The molecule has 98 valence electrons. The van der Waals surface area contributed by atoms with Gasteiger partial charge >= 0.3 is 0 Å². The average molecular weight is 260 g/mol. The van der Waals surface area contributed by atoms with Gasteiger partial charge < -0.3 is 5.32 Å². The summed E-state index contributed by atoms with van der Waals surface area (Å²) in [5, 5.41) is 17.6. The Labute approximate surface area is 109 Å². The molecule has 2 aromatic rings. The van der Waals surface area contributed by atoms with Gasteiger partial charge in [0.05, 0.1) is 4.92 Å². The molecule has 0 atom stereocenters. The minimum absolute atomic E-state index is 0.100. The monoisotopic (exact) mass is 260 g/mol. The highest BCUT2D eigenvalue weighted by atomic mass is 16.6. The van der Waals surface area contributed by atoms with Crippen molar-refractivity contribution in [1.29, 1.82) is 0 Å². The SMILES string of the molecule is CCNC(=O)c1ccc([N+](=O)[O-])c(-n2cccn2)c1. The summed E-state index contributed by atoms with van der Waals surface area (Å²) < 4.78 is 1.36. The molecule has 7 heteroatoms. The molecule has 1 aromatic carbocycles. The van der Waals surface area contributed by atoms with E-state index in [0.717, 1.165) is 0 Å². The fraction of sp³-hybridized carbons (Fsp3) is 0.167. The van der Waals surface area contributed by atoms with Crippen LogP contribution in [0.1, 0.15) is 17.3 Å². The van der Waals surface area contributed by atoms with Crippen molar-refractivity contribution < 1.29 is 9.72 Å². The van der Waals surface area contributed by atoms with Crippen LogP contribution in [0.5, 0.6) is 0 Å². The lowest BCUT2D eigenvalue weighted by Crippen LogP contribution is -2.22. The largest absolute Gasteiger partial charge is 0.352 e. The van der Waals surface area contributed by atoms with Gasteiger partial charge in [-0.3, -0.25) is 14.9 Å². The van der Waals surface area contributed by atoms with Crippen LogP contribution in [0.2, 0.25) is 0 Å². The molecule has 0 bridgehead atoms. The normalized spacial score (nSPS) is 10.2. The van der Waals surface area contributed by atoms with E-state index in [1.165, 1.54) is 29.1 Å². The number of hydrogen-bond donors (Lipinski definition) is 1. The van der Waals surface area contributed by atoms with Crippen molar-refractivity contribution >= 4 is 11.6 Å². The second-order valence-corrected chi connectivity index (χ2v) is 3.77. The maximum atomic E-state index is 11.7. The maximum Gasteiger partial charge on any atom is 0.294 e. The quantitative estimate of drug-likeness (QED) is 0.666. The third kappa shape index (κ3) is 2.59. The van der Waals surface area contributed by atoms with Crippen molar-refractivity contribution in [2.75, 3.05) is 6.54 Å². The molecule has 1 aromatic heterocycles. The van der Waals surface area contributed by atoms with Gasteiger partial charge in [-0.1, -0.05) is 0 Å². The van der Waals surface area contributed by atoms with Gasteiger partial charge in [0.15, 0.2) is 0 Å². The summed E-state index contributed by atoms with van der Waals surface area (Å²) in [6, 6.07) is 5.84. The summed E-state index contributed by atoms with van der Waals surface area (Å²) in [6.45, 7) is 2.30. The molecule has 0 spiro atoms. The van der Waals surface area contributed by atoms with Gasteiger partial charge in [-0.15, -0.1) is 0 Å². The number of nitrogens with zero attached hydrogens (tertiary/aromatic N) is 3. The number of benzene rings is 1. The van der Waals surface area contributed by atoms with Crippen LogP contribution in [0.25, 0.3) is 5.69 Å². The molecule has 0 unspecified atom stereocenters. The van der Waals surface area contributed by atoms with Crippen molar-refractivity contribution in [2.24, 2.45) is 0 Å². The number of rotatable bonds is 4. The molecular formula is C12H12N4O3. The Morgan fingerprint density at radius 3 is 2.89 bits per heavy atom. The second-order valence-electron chi connectivity index (χ2n) is 3.77. The summed E-state index contributed by atoms with van der Waals surface area (Å²) >= 11 is 0. The van der Waals surface area contributed by atoms with E-state index in [9.17, 15) is 14.9 Å². The molecule has 7 nitrogen and oxygen atoms in total. The van der Waals surface area contributed by atoms with Gasteiger partial charge in [-0.2, -0.15) is 5.10 Å². The van der Waals surface area contributed by atoms with Crippen LogP contribution in [-0.4, -0.2) is 27.2 Å². The van der Waals surface area contributed by atoms with Crippen LogP contribution in [0.4, 0.5) is 5.69 Å². The Morgan fingerprint density at radius 2 is 2.32 bits per heavy atom.